The lowest BCUT2D eigenvalue weighted by Gasteiger charge is -2.34. The van der Waals surface area contributed by atoms with Crippen LogP contribution >= 0.6 is 11.3 Å². The third-order valence-electron chi connectivity index (χ3n) is 4.36. The van der Waals surface area contributed by atoms with Crippen LogP contribution in [-0.2, 0) is 16.1 Å². The van der Waals surface area contributed by atoms with Crippen molar-refractivity contribution >= 4 is 29.2 Å². The van der Waals surface area contributed by atoms with Crippen molar-refractivity contribution in [1.29, 1.82) is 0 Å². The highest BCUT2D eigenvalue weighted by Crippen LogP contribution is 2.12. The summed E-state index contributed by atoms with van der Waals surface area (Å²) in [5.41, 5.74) is 1.10. The molecule has 0 aromatic carbocycles. The summed E-state index contributed by atoms with van der Waals surface area (Å²) >= 11 is 1.67. The summed E-state index contributed by atoms with van der Waals surface area (Å²) < 4.78 is 5.12. The molecule has 1 fully saturated rings. The third kappa shape index (κ3) is 6.04. The number of aryl methyl sites for hydroxylation is 1. The van der Waals surface area contributed by atoms with Gasteiger partial charge in [-0.1, -0.05) is 0 Å². The van der Waals surface area contributed by atoms with Gasteiger partial charge in [0, 0.05) is 57.1 Å². The molecule has 3 rings (SSSR count). The zero-order valence-corrected chi connectivity index (χ0v) is 16.2. The van der Waals surface area contributed by atoms with Gasteiger partial charge < -0.3 is 14.6 Å². The molecule has 1 saturated heterocycles. The van der Waals surface area contributed by atoms with Gasteiger partial charge in [0.15, 0.2) is 0 Å². The highest BCUT2D eigenvalue weighted by Gasteiger charge is 2.21. The maximum Gasteiger partial charge on any atom is 0.244 e. The highest BCUT2D eigenvalue weighted by molar-refractivity contribution is 7.09. The van der Waals surface area contributed by atoms with Crippen LogP contribution in [0.25, 0.3) is 6.08 Å². The van der Waals surface area contributed by atoms with Gasteiger partial charge in [-0.15, -0.1) is 11.3 Å². The van der Waals surface area contributed by atoms with Crippen molar-refractivity contribution in [2.24, 2.45) is 0 Å². The Morgan fingerprint density at radius 2 is 2.15 bits per heavy atom. The molecule has 27 heavy (non-hydrogen) atoms. The predicted octanol–water partition coefficient (Wildman–Crippen LogP) is 1.91. The molecule has 0 spiro atoms. The average Bonchev–Trinajstić information content (AvgIpc) is 3.32. The zero-order chi connectivity index (χ0) is 19.1. The van der Waals surface area contributed by atoms with Crippen molar-refractivity contribution in [3.05, 3.63) is 46.3 Å². The summed E-state index contributed by atoms with van der Waals surface area (Å²) in [6, 6.07) is 3.52. The Bertz CT molecular complexity index is 777. The van der Waals surface area contributed by atoms with E-state index < -0.39 is 0 Å². The molecule has 0 saturated carbocycles. The number of carbonyl (C=O) groups excluding carboxylic acids is 2. The number of thiazole rings is 1. The van der Waals surface area contributed by atoms with Gasteiger partial charge in [-0.3, -0.25) is 14.5 Å². The molecule has 7 nitrogen and oxygen atoms in total. The smallest absolute Gasteiger partial charge is 0.244 e. The quantitative estimate of drug-likeness (QED) is 0.733. The van der Waals surface area contributed by atoms with E-state index in [1.165, 1.54) is 6.08 Å². The summed E-state index contributed by atoms with van der Waals surface area (Å²) in [4.78, 5) is 32.7. The van der Waals surface area contributed by atoms with E-state index in [2.05, 4.69) is 20.6 Å². The number of nitrogens with zero attached hydrogens (tertiary/aromatic N) is 3. The summed E-state index contributed by atoms with van der Waals surface area (Å²) in [6.45, 7) is 6.31. The van der Waals surface area contributed by atoms with Crippen LogP contribution in [0.15, 0.2) is 34.3 Å². The maximum absolute atomic E-state index is 12.3. The second-order valence-electron chi connectivity index (χ2n) is 6.40. The van der Waals surface area contributed by atoms with Gasteiger partial charge in [0.25, 0.3) is 0 Å². The number of nitrogens with one attached hydrogen (secondary N) is 1. The van der Waals surface area contributed by atoms with Crippen LogP contribution in [0.1, 0.15) is 22.9 Å². The fourth-order valence-corrected chi connectivity index (χ4v) is 3.52. The van der Waals surface area contributed by atoms with Gasteiger partial charge in [0.1, 0.15) is 5.76 Å². The lowest BCUT2D eigenvalue weighted by molar-refractivity contribution is -0.133. The minimum Gasteiger partial charge on any atom is -0.465 e. The molecule has 8 heteroatoms. The second kappa shape index (κ2) is 9.48. The van der Waals surface area contributed by atoms with E-state index in [0.29, 0.717) is 31.8 Å². The Balaban J connectivity index is 1.32. The predicted molar refractivity (Wildman–Crippen MR) is 104 cm³/mol. The van der Waals surface area contributed by atoms with Crippen LogP contribution in [0, 0.1) is 6.92 Å². The molecular weight excluding hydrogens is 364 g/mol. The van der Waals surface area contributed by atoms with E-state index >= 15 is 0 Å². The van der Waals surface area contributed by atoms with E-state index in [0.717, 1.165) is 30.3 Å². The summed E-state index contributed by atoms with van der Waals surface area (Å²) in [5.74, 6) is 0.462. The van der Waals surface area contributed by atoms with Crippen LogP contribution in [0.4, 0.5) is 0 Å². The summed E-state index contributed by atoms with van der Waals surface area (Å²) in [5, 5.41) is 5.90. The average molecular weight is 388 g/mol. The van der Waals surface area contributed by atoms with Gasteiger partial charge in [-0.2, -0.15) is 0 Å². The van der Waals surface area contributed by atoms with E-state index in [4.69, 9.17) is 4.42 Å². The molecule has 0 aliphatic carbocycles. The van der Waals surface area contributed by atoms with Crippen molar-refractivity contribution in [1.82, 2.24) is 20.1 Å². The molecule has 0 unspecified atom stereocenters. The van der Waals surface area contributed by atoms with Gasteiger partial charge in [-0.05, 0) is 25.1 Å². The standard InChI is InChI=1S/C19H24N4O3S/c1-15-21-16(14-27-15)13-22-8-10-23(11-9-22)19(25)6-7-20-18(24)5-4-17-3-2-12-26-17/h2-5,12,14H,6-11,13H2,1H3,(H,20,24)/b5-4+. The minimum absolute atomic E-state index is 0.0782. The van der Waals surface area contributed by atoms with Crippen LogP contribution in [0.3, 0.4) is 0 Å². The van der Waals surface area contributed by atoms with Crippen LogP contribution in [0.5, 0.6) is 0 Å². The minimum atomic E-state index is -0.234. The Labute approximate surface area is 162 Å². The Morgan fingerprint density at radius 3 is 2.81 bits per heavy atom. The number of furan rings is 1. The number of hydrogen-bond donors (Lipinski definition) is 1. The first-order valence-electron chi connectivity index (χ1n) is 9.01. The van der Waals surface area contributed by atoms with E-state index in [1.54, 1.807) is 35.8 Å². The topological polar surface area (TPSA) is 78.7 Å². The fourth-order valence-electron chi connectivity index (χ4n) is 2.92. The van der Waals surface area contributed by atoms with Crippen LogP contribution in [-0.4, -0.2) is 59.3 Å². The van der Waals surface area contributed by atoms with Gasteiger partial charge in [0.2, 0.25) is 11.8 Å². The molecular formula is C19H24N4O3S. The lowest BCUT2D eigenvalue weighted by atomic mass is 10.2. The molecule has 2 amide bonds. The monoisotopic (exact) mass is 388 g/mol. The SMILES string of the molecule is Cc1nc(CN2CCN(C(=O)CCNC(=O)/C=C/c3ccco3)CC2)cs1. The third-order valence-corrected chi connectivity index (χ3v) is 5.18. The first-order chi connectivity index (χ1) is 13.1. The summed E-state index contributed by atoms with van der Waals surface area (Å²) in [7, 11) is 0. The molecule has 1 aliphatic heterocycles. The van der Waals surface area contributed by atoms with Gasteiger partial charge in [0.05, 0.1) is 17.0 Å². The number of piperazine rings is 1. The number of amides is 2. The van der Waals surface area contributed by atoms with Crippen molar-refractivity contribution in [2.75, 3.05) is 32.7 Å². The van der Waals surface area contributed by atoms with E-state index in [9.17, 15) is 9.59 Å². The molecule has 0 atom stereocenters. The first-order valence-corrected chi connectivity index (χ1v) is 9.88. The molecule has 2 aromatic rings. The summed E-state index contributed by atoms with van der Waals surface area (Å²) in [6.07, 6.45) is 4.86. The lowest BCUT2D eigenvalue weighted by Crippen LogP contribution is -2.48. The largest absolute Gasteiger partial charge is 0.465 e. The maximum atomic E-state index is 12.3. The zero-order valence-electron chi connectivity index (χ0n) is 15.4. The molecule has 0 radical (unpaired) electrons. The van der Waals surface area contributed by atoms with Crippen molar-refractivity contribution < 1.29 is 14.0 Å². The molecule has 1 N–H and O–H groups in total. The number of aromatic nitrogens is 1. The van der Waals surface area contributed by atoms with Crippen molar-refractivity contribution in [2.45, 2.75) is 19.9 Å². The Morgan fingerprint density at radius 1 is 1.33 bits per heavy atom. The molecule has 144 valence electrons. The second-order valence-corrected chi connectivity index (χ2v) is 7.47. The Hall–Kier alpha value is -2.45. The highest BCUT2D eigenvalue weighted by atomic mass is 32.1. The number of hydrogen-bond acceptors (Lipinski definition) is 6. The van der Waals surface area contributed by atoms with Crippen molar-refractivity contribution in [3.63, 3.8) is 0 Å². The molecule has 2 aromatic heterocycles. The van der Waals surface area contributed by atoms with Crippen molar-refractivity contribution in [3.8, 4) is 0 Å². The molecule has 3 heterocycles. The number of rotatable bonds is 7. The van der Waals surface area contributed by atoms with E-state index in [-0.39, 0.29) is 11.8 Å². The van der Waals surface area contributed by atoms with Gasteiger partial charge in [-0.25, -0.2) is 4.98 Å². The van der Waals surface area contributed by atoms with Crippen LogP contribution < -0.4 is 5.32 Å². The molecule has 1 aliphatic rings. The van der Waals surface area contributed by atoms with Gasteiger partial charge >= 0.3 is 0 Å². The fraction of sp³-hybridized carbons (Fsp3) is 0.421. The van der Waals surface area contributed by atoms with Crippen LogP contribution in [0.2, 0.25) is 0 Å². The normalized spacial score (nSPS) is 15.4. The molecule has 0 bridgehead atoms. The van der Waals surface area contributed by atoms with E-state index in [1.807, 2.05) is 11.8 Å². The first kappa shape index (κ1) is 19.3. The number of carbonyl (C=O) groups is 2. The Kier molecular flexibility index (Phi) is 6.78.